The van der Waals surface area contributed by atoms with Crippen molar-refractivity contribution in [3.05, 3.63) is 29.8 Å². The van der Waals surface area contributed by atoms with Crippen molar-refractivity contribution in [3.8, 4) is 5.75 Å². The van der Waals surface area contributed by atoms with E-state index in [1.165, 1.54) is 0 Å². The molecule has 1 saturated heterocycles. The van der Waals surface area contributed by atoms with Crippen molar-refractivity contribution in [1.29, 1.82) is 0 Å². The summed E-state index contributed by atoms with van der Waals surface area (Å²) in [6.45, 7) is 4.76. The van der Waals surface area contributed by atoms with Gasteiger partial charge in [0.05, 0.1) is 0 Å². The van der Waals surface area contributed by atoms with E-state index < -0.39 is 0 Å². The monoisotopic (exact) mass is 291 g/mol. The zero-order chi connectivity index (χ0) is 15.2. The van der Waals surface area contributed by atoms with Gasteiger partial charge in [0, 0.05) is 12.8 Å². The highest BCUT2D eigenvalue weighted by atomic mass is 16.7. The first-order valence-corrected chi connectivity index (χ1v) is 7.34. The van der Waals surface area contributed by atoms with Gasteiger partial charge in [0.2, 0.25) is 0 Å². The van der Waals surface area contributed by atoms with Crippen molar-refractivity contribution < 1.29 is 19.2 Å². The van der Waals surface area contributed by atoms with Gasteiger partial charge < -0.3 is 4.74 Å². The van der Waals surface area contributed by atoms with Crippen LogP contribution in [0, 0.1) is 0 Å². The molecule has 2 rings (SSSR count). The number of hydrogen-bond donors (Lipinski definition) is 0. The number of amides is 2. The van der Waals surface area contributed by atoms with Gasteiger partial charge in [-0.15, -0.1) is 0 Å². The van der Waals surface area contributed by atoms with Gasteiger partial charge in [-0.05, 0) is 24.0 Å². The van der Waals surface area contributed by atoms with Gasteiger partial charge in [-0.2, -0.15) is 5.06 Å². The summed E-state index contributed by atoms with van der Waals surface area (Å²) in [4.78, 5) is 27.9. The lowest BCUT2D eigenvalue weighted by Gasteiger charge is -2.17. The first kappa shape index (κ1) is 15.5. The Balaban J connectivity index is 1.84. The summed E-state index contributed by atoms with van der Waals surface area (Å²) in [6.07, 6.45) is 1.50. The number of benzene rings is 1. The topological polar surface area (TPSA) is 55.8 Å². The number of ether oxygens (including phenoxy) is 1. The van der Waals surface area contributed by atoms with Gasteiger partial charge >= 0.3 is 0 Å². The second kappa shape index (κ2) is 7.22. The molecule has 21 heavy (non-hydrogen) atoms. The van der Waals surface area contributed by atoms with Crippen LogP contribution < -0.4 is 4.74 Å². The molecule has 0 unspecified atom stereocenters. The summed E-state index contributed by atoms with van der Waals surface area (Å²) in [5.41, 5.74) is 1.16. The fourth-order valence-corrected chi connectivity index (χ4v) is 2.22. The molecular formula is C16H21NO4. The van der Waals surface area contributed by atoms with Crippen LogP contribution in [0.4, 0.5) is 0 Å². The van der Waals surface area contributed by atoms with E-state index in [9.17, 15) is 9.59 Å². The van der Waals surface area contributed by atoms with E-state index in [0.29, 0.717) is 12.5 Å². The molecule has 5 heteroatoms. The van der Waals surface area contributed by atoms with Crippen LogP contribution in [0.5, 0.6) is 5.75 Å². The number of hydrogen-bond acceptors (Lipinski definition) is 4. The molecule has 1 heterocycles. The van der Waals surface area contributed by atoms with Crippen molar-refractivity contribution in [3.63, 3.8) is 0 Å². The van der Waals surface area contributed by atoms with E-state index in [0.717, 1.165) is 22.8 Å². The molecule has 5 nitrogen and oxygen atoms in total. The number of hydroxylamine groups is 2. The van der Waals surface area contributed by atoms with Gasteiger partial charge in [-0.3, -0.25) is 14.4 Å². The van der Waals surface area contributed by atoms with Gasteiger partial charge in [0.15, 0.2) is 0 Å². The van der Waals surface area contributed by atoms with Gasteiger partial charge in [-0.25, -0.2) is 0 Å². The molecule has 0 N–H and O–H groups in total. The smallest absolute Gasteiger partial charge is 0.253 e. The lowest BCUT2D eigenvalue weighted by molar-refractivity contribution is -0.189. The minimum absolute atomic E-state index is 0.173. The van der Waals surface area contributed by atoms with E-state index in [-0.39, 0.29) is 31.3 Å². The van der Waals surface area contributed by atoms with E-state index in [1.807, 2.05) is 18.2 Å². The third-order valence-corrected chi connectivity index (χ3v) is 3.63. The van der Waals surface area contributed by atoms with E-state index in [4.69, 9.17) is 9.57 Å². The molecule has 1 aliphatic rings. The Hall–Kier alpha value is -1.88. The Bertz CT molecular complexity index is 499. The predicted molar refractivity (Wildman–Crippen MR) is 77.7 cm³/mol. The summed E-state index contributed by atoms with van der Waals surface area (Å²) >= 11 is 0. The van der Waals surface area contributed by atoms with Crippen LogP contribution in [0.1, 0.15) is 44.6 Å². The van der Waals surface area contributed by atoms with Crippen LogP contribution in [-0.2, 0) is 14.4 Å². The standard InChI is InChI=1S/C16H21NO4/c1-3-12(2)13-6-4-5-7-14(13)20-10-11-21-17-15(18)8-9-16(17)19/h4-7,12H,3,8-11H2,1-2H3/t12-/m0/s1. The number of para-hydroxylation sites is 1. The van der Waals surface area contributed by atoms with Gasteiger partial charge in [0.25, 0.3) is 11.8 Å². The van der Waals surface area contributed by atoms with Crippen LogP contribution in [0.25, 0.3) is 0 Å². The van der Waals surface area contributed by atoms with Crippen molar-refractivity contribution in [2.24, 2.45) is 0 Å². The lowest BCUT2D eigenvalue weighted by atomic mass is 9.98. The molecule has 0 saturated carbocycles. The quantitative estimate of drug-likeness (QED) is 0.572. The molecule has 114 valence electrons. The summed E-state index contributed by atoms with van der Waals surface area (Å²) in [7, 11) is 0. The normalized spacial score (nSPS) is 16.4. The van der Waals surface area contributed by atoms with Crippen LogP contribution >= 0.6 is 0 Å². The van der Waals surface area contributed by atoms with Crippen molar-refractivity contribution >= 4 is 11.8 Å². The van der Waals surface area contributed by atoms with Crippen LogP contribution in [0.3, 0.4) is 0 Å². The Kier molecular flexibility index (Phi) is 5.33. The Morgan fingerprint density at radius 1 is 1.14 bits per heavy atom. The first-order chi connectivity index (χ1) is 10.1. The van der Waals surface area contributed by atoms with Crippen molar-refractivity contribution in [2.75, 3.05) is 13.2 Å². The maximum atomic E-state index is 11.4. The molecule has 1 atom stereocenters. The average Bonchev–Trinajstić information content (AvgIpc) is 2.82. The fourth-order valence-electron chi connectivity index (χ4n) is 2.22. The lowest BCUT2D eigenvalue weighted by Crippen LogP contribution is -2.31. The van der Waals surface area contributed by atoms with Gasteiger partial charge in [-0.1, -0.05) is 32.0 Å². The number of carbonyl (C=O) groups is 2. The Labute approximate surface area is 124 Å². The predicted octanol–water partition coefficient (Wildman–Crippen LogP) is 2.66. The molecule has 1 fully saturated rings. The SMILES string of the molecule is CC[C@H](C)c1ccccc1OCCON1C(=O)CCC1=O. The van der Waals surface area contributed by atoms with Crippen LogP contribution in [-0.4, -0.2) is 30.1 Å². The zero-order valence-corrected chi connectivity index (χ0v) is 12.5. The molecule has 0 aliphatic carbocycles. The molecule has 0 aromatic heterocycles. The molecule has 0 radical (unpaired) electrons. The molecular weight excluding hydrogens is 270 g/mol. The maximum Gasteiger partial charge on any atom is 0.253 e. The number of imide groups is 1. The third kappa shape index (κ3) is 3.82. The average molecular weight is 291 g/mol. The summed E-state index contributed by atoms with van der Waals surface area (Å²) in [5.74, 6) is 0.693. The van der Waals surface area contributed by atoms with Gasteiger partial charge in [0.1, 0.15) is 19.0 Å². The number of nitrogens with zero attached hydrogens (tertiary/aromatic N) is 1. The van der Waals surface area contributed by atoms with E-state index in [1.54, 1.807) is 0 Å². The highest BCUT2D eigenvalue weighted by Crippen LogP contribution is 2.28. The molecule has 0 spiro atoms. The minimum atomic E-state index is -0.278. The molecule has 1 aromatic rings. The molecule has 1 aliphatic heterocycles. The number of rotatable bonds is 7. The third-order valence-electron chi connectivity index (χ3n) is 3.63. The van der Waals surface area contributed by atoms with Crippen molar-refractivity contribution in [2.45, 2.75) is 39.0 Å². The second-order valence-corrected chi connectivity index (χ2v) is 5.11. The Morgan fingerprint density at radius 2 is 1.81 bits per heavy atom. The molecule has 1 aromatic carbocycles. The first-order valence-electron chi connectivity index (χ1n) is 7.34. The summed E-state index contributed by atoms with van der Waals surface area (Å²) < 4.78 is 5.72. The maximum absolute atomic E-state index is 11.4. The van der Waals surface area contributed by atoms with Crippen molar-refractivity contribution in [1.82, 2.24) is 5.06 Å². The molecule has 2 amide bonds. The highest BCUT2D eigenvalue weighted by Gasteiger charge is 2.30. The highest BCUT2D eigenvalue weighted by molar-refractivity contribution is 6.00. The minimum Gasteiger partial charge on any atom is -0.491 e. The summed E-state index contributed by atoms with van der Waals surface area (Å²) in [6, 6.07) is 7.90. The summed E-state index contributed by atoms with van der Waals surface area (Å²) in [5, 5.41) is 0.851. The van der Waals surface area contributed by atoms with Crippen LogP contribution in [0.2, 0.25) is 0 Å². The number of carbonyl (C=O) groups excluding carboxylic acids is 2. The largest absolute Gasteiger partial charge is 0.491 e. The molecule has 0 bridgehead atoms. The zero-order valence-electron chi connectivity index (χ0n) is 12.5. The van der Waals surface area contributed by atoms with E-state index in [2.05, 4.69) is 19.9 Å². The Morgan fingerprint density at radius 3 is 2.48 bits per heavy atom. The fraction of sp³-hybridized carbons (Fsp3) is 0.500. The van der Waals surface area contributed by atoms with Crippen LogP contribution in [0.15, 0.2) is 24.3 Å². The van der Waals surface area contributed by atoms with E-state index >= 15 is 0 Å². The second-order valence-electron chi connectivity index (χ2n) is 5.11.